The highest BCUT2D eigenvalue weighted by atomic mass is 32.1. The summed E-state index contributed by atoms with van der Waals surface area (Å²) in [7, 11) is 0. The van der Waals surface area contributed by atoms with Gasteiger partial charge in [-0.05, 0) is 41.5 Å². The van der Waals surface area contributed by atoms with Crippen molar-refractivity contribution in [2.24, 2.45) is 0 Å². The lowest BCUT2D eigenvalue weighted by Gasteiger charge is -2.08. The Bertz CT molecular complexity index is 708. The van der Waals surface area contributed by atoms with Crippen molar-refractivity contribution in [2.45, 2.75) is 13.3 Å². The van der Waals surface area contributed by atoms with Crippen molar-refractivity contribution in [3.8, 4) is 0 Å². The molecule has 0 bridgehead atoms. The summed E-state index contributed by atoms with van der Waals surface area (Å²) in [5.74, 6) is 1.55. The van der Waals surface area contributed by atoms with E-state index in [1.54, 1.807) is 23.7 Å². The van der Waals surface area contributed by atoms with Crippen molar-refractivity contribution >= 4 is 38.7 Å². The van der Waals surface area contributed by atoms with Crippen LogP contribution >= 0.6 is 11.3 Å². The summed E-state index contributed by atoms with van der Waals surface area (Å²) in [5, 5.41) is 9.87. The molecule has 4 nitrogen and oxygen atoms in total. The van der Waals surface area contributed by atoms with Crippen LogP contribution in [0.5, 0.6) is 0 Å². The van der Waals surface area contributed by atoms with Crippen LogP contribution in [0.2, 0.25) is 0 Å². The highest BCUT2D eigenvalue weighted by Gasteiger charge is 2.01. The summed E-state index contributed by atoms with van der Waals surface area (Å²) in [5.41, 5.74) is 1.03. The van der Waals surface area contributed by atoms with E-state index in [1.165, 1.54) is 10.1 Å². The number of anilines is 3. The molecule has 0 radical (unpaired) electrons. The Labute approximate surface area is 121 Å². The number of rotatable bonds is 5. The summed E-state index contributed by atoms with van der Waals surface area (Å²) < 4.78 is 1.29. The van der Waals surface area contributed by atoms with Crippen LogP contribution in [0.4, 0.5) is 17.3 Å². The molecule has 2 aromatic heterocycles. The minimum atomic E-state index is 0.751. The molecule has 0 saturated carbocycles. The van der Waals surface area contributed by atoms with Crippen LogP contribution in [-0.4, -0.2) is 16.5 Å². The molecule has 1 aromatic carbocycles. The van der Waals surface area contributed by atoms with Crippen LogP contribution in [0.15, 0.2) is 42.0 Å². The molecule has 0 aliphatic heterocycles. The van der Waals surface area contributed by atoms with E-state index in [0.29, 0.717) is 0 Å². The summed E-state index contributed by atoms with van der Waals surface area (Å²) in [6.07, 6.45) is 4.53. The van der Waals surface area contributed by atoms with E-state index in [4.69, 9.17) is 0 Å². The van der Waals surface area contributed by atoms with E-state index in [1.807, 2.05) is 0 Å². The average Bonchev–Trinajstić information content (AvgIpc) is 2.93. The molecule has 0 amide bonds. The van der Waals surface area contributed by atoms with Crippen molar-refractivity contribution in [3.05, 3.63) is 42.0 Å². The fraction of sp³-hybridized carbons (Fsp3) is 0.200. The van der Waals surface area contributed by atoms with Crippen molar-refractivity contribution < 1.29 is 0 Å². The number of aromatic nitrogens is 2. The maximum absolute atomic E-state index is 4.49. The Morgan fingerprint density at radius 1 is 1.15 bits per heavy atom. The van der Waals surface area contributed by atoms with Crippen molar-refractivity contribution in [3.63, 3.8) is 0 Å². The van der Waals surface area contributed by atoms with E-state index in [0.717, 1.165) is 30.3 Å². The van der Waals surface area contributed by atoms with Gasteiger partial charge in [-0.25, -0.2) is 4.98 Å². The zero-order chi connectivity index (χ0) is 13.8. The minimum absolute atomic E-state index is 0.751. The molecule has 0 saturated heterocycles. The van der Waals surface area contributed by atoms with Crippen LogP contribution < -0.4 is 10.6 Å². The molecule has 2 heterocycles. The molecule has 2 N–H and O–H groups in total. The fourth-order valence-electron chi connectivity index (χ4n) is 1.96. The van der Waals surface area contributed by atoms with Gasteiger partial charge in [0.1, 0.15) is 5.82 Å². The van der Waals surface area contributed by atoms with Gasteiger partial charge in [-0.2, -0.15) is 0 Å². The largest absolute Gasteiger partial charge is 0.369 e. The molecule has 0 atom stereocenters. The predicted octanol–water partition coefficient (Wildman–Crippen LogP) is 4.26. The lowest BCUT2D eigenvalue weighted by molar-refractivity contribution is 0.965. The number of fused-ring (bicyclic) bond motifs is 1. The summed E-state index contributed by atoms with van der Waals surface area (Å²) in [6.45, 7) is 3.03. The number of nitrogens with zero attached hydrogens (tertiary/aromatic N) is 2. The highest BCUT2D eigenvalue weighted by Crippen LogP contribution is 2.25. The van der Waals surface area contributed by atoms with Crippen LogP contribution in [0.3, 0.4) is 0 Å². The topological polar surface area (TPSA) is 49.8 Å². The molecular formula is C15H16N4S. The second-order valence-electron chi connectivity index (χ2n) is 4.51. The van der Waals surface area contributed by atoms with Gasteiger partial charge in [-0.15, -0.1) is 11.3 Å². The molecule has 0 aliphatic carbocycles. The number of hydrogen-bond acceptors (Lipinski definition) is 5. The van der Waals surface area contributed by atoms with Crippen LogP contribution in [0.1, 0.15) is 13.3 Å². The smallest absolute Gasteiger partial charge is 0.151 e. The van der Waals surface area contributed by atoms with Gasteiger partial charge >= 0.3 is 0 Å². The third-order valence-corrected chi connectivity index (χ3v) is 3.81. The van der Waals surface area contributed by atoms with Gasteiger partial charge in [0, 0.05) is 16.9 Å². The Kier molecular flexibility index (Phi) is 3.78. The molecular weight excluding hydrogens is 268 g/mol. The van der Waals surface area contributed by atoms with Gasteiger partial charge in [0.25, 0.3) is 0 Å². The first kappa shape index (κ1) is 12.9. The first-order valence-corrected chi connectivity index (χ1v) is 7.53. The molecule has 0 fully saturated rings. The second-order valence-corrected chi connectivity index (χ2v) is 5.46. The quantitative estimate of drug-likeness (QED) is 0.735. The summed E-state index contributed by atoms with van der Waals surface area (Å²) in [4.78, 5) is 8.69. The molecule has 5 heteroatoms. The lowest BCUT2D eigenvalue weighted by Crippen LogP contribution is -2.04. The monoisotopic (exact) mass is 284 g/mol. The Balaban J connectivity index is 1.79. The normalized spacial score (nSPS) is 10.7. The maximum atomic E-state index is 4.49. The zero-order valence-corrected chi connectivity index (χ0v) is 12.1. The third-order valence-electron chi connectivity index (χ3n) is 2.92. The van der Waals surface area contributed by atoms with Crippen LogP contribution in [0, 0.1) is 0 Å². The molecule has 3 aromatic rings. The summed E-state index contributed by atoms with van der Waals surface area (Å²) in [6, 6.07) is 8.43. The molecule has 3 rings (SSSR count). The van der Waals surface area contributed by atoms with Gasteiger partial charge in [-0.1, -0.05) is 6.92 Å². The summed E-state index contributed by atoms with van der Waals surface area (Å²) >= 11 is 1.75. The molecule has 0 spiro atoms. The SMILES string of the molecule is CCCNc1cncc(Nc2ccc3sccc3c2)n1. The first-order valence-electron chi connectivity index (χ1n) is 6.65. The second kappa shape index (κ2) is 5.88. The lowest BCUT2D eigenvalue weighted by atomic mass is 10.2. The van der Waals surface area contributed by atoms with Crippen molar-refractivity contribution in [1.82, 2.24) is 9.97 Å². The Hall–Kier alpha value is -2.14. The maximum Gasteiger partial charge on any atom is 0.151 e. The number of hydrogen-bond donors (Lipinski definition) is 2. The first-order chi connectivity index (χ1) is 9.85. The number of nitrogens with one attached hydrogen (secondary N) is 2. The highest BCUT2D eigenvalue weighted by molar-refractivity contribution is 7.17. The third kappa shape index (κ3) is 2.88. The van der Waals surface area contributed by atoms with Crippen molar-refractivity contribution in [1.29, 1.82) is 0 Å². The average molecular weight is 284 g/mol. The van der Waals surface area contributed by atoms with Crippen molar-refractivity contribution in [2.75, 3.05) is 17.2 Å². The molecule has 0 aliphatic rings. The van der Waals surface area contributed by atoms with E-state index >= 15 is 0 Å². The van der Waals surface area contributed by atoms with Gasteiger partial charge < -0.3 is 10.6 Å². The van der Waals surface area contributed by atoms with E-state index in [-0.39, 0.29) is 0 Å². The predicted molar refractivity (Wildman–Crippen MR) is 85.9 cm³/mol. The van der Waals surface area contributed by atoms with Gasteiger partial charge in [0.15, 0.2) is 5.82 Å². The van der Waals surface area contributed by atoms with Gasteiger partial charge in [0.2, 0.25) is 0 Å². The van der Waals surface area contributed by atoms with E-state index in [2.05, 4.69) is 57.2 Å². The number of benzene rings is 1. The Morgan fingerprint density at radius 3 is 2.95 bits per heavy atom. The minimum Gasteiger partial charge on any atom is -0.369 e. The van der Waals surface area contributed by atoms with Gasteiger partial charge in [0.05, 0.1) is 12.4 Å². The van der Waals surface area contributed by atoms with Crippen LogP contribution in [-0.2, 0) is 0 Å². The standard InChI is InChI=1S/C15H16N4S/c1-2-6-17-14-9-16-10-15(19-14)18-12-3-4-13-11(8-12)5-7-20-13/h3-5,7-10H,2,6H2,1H3,(H2,17,18,19). The fourth-order valence-corrected chi connectivity index (χ4v) is 2.73. The van der Waals surface area contributed by atoms with Gasteiger partial charge in [-0.3, -0.25) is 4.98 Å². The zero-order valence-electron chi connectivity index (χ0n) is 11.3. The molecule has 0 unspecified atom stereocenters. The molecule has 102 valence electrons. The van der Waals surface area contributed by atoms with E-state index < -0.39 is 0 Å². The number of thiophene rings is 1. The van der Waals surface area contributed by atoms with Crippen LogP contribution in [0.25, 0.3) is 10.1 Å². The Morgan fingerprint density at radius 2 is 2.05 bits per heavy atom. The molecule has 20 heavy (non-hydrogen) atoms. The van der Waals surface area contributed by atoms with E-state index in [9.17, 15) is 0 Å².